The van der Waals surface area contributed by atoms with E-state index < -0.39 is 17.5 Å². The maximum absolute atomic E-state index is 13.0. The molecule has 0 bridgehead atoms. The van der Waals surface area contributed by atoms with Gasteiger partial charge in [-0.15, -0.1) is 0 Å². The summed E-state index contributed by atoms with van der Waals surface area (Å²) in [6.07, 6.45) is 1.64. The van der Waals surface area contributed by atoms with Crippen LogP contribution in [0.25, 0.3) is 0 Å². The van der Waals surface area contributed by atoms with E-state index in [0.29, 0.717) is 21.8 Å². The summed E-state index contributed by atoms with van der Waals surface area (Å²) >= 11 is 4.80. The molecule has 0 saturated carbocycles. The number of benzene rings is 2. The molecule has 1 saturated heterocycles. The average Bonchev–Trinajstić information content (AvgIpc) is 3.02. The van der Waals surface area contributed by atoms with Crippen molar-refractivity contribution in [3.05, 3.63) is 82.5 Å². The summed E-state index contributed by atoms with van der Waals surface area (Å²) < 4.78 is 0.969. The summed E-state index contributed by atoms with van der Waals surface area (Å²) in [5, 5.41) is 8.29. The molecule has 7 nitrogen and oxygen atoms in total. The molecule has 2 aromatic carbocycles. The summed E-state index contributed by atoms with van der Waals surface area (Å²) in [7, 11) is 0. The number of amides is 4. The molecule has 0 spiro atoms. The van der Waals surface area contributed by atoms with Gasteiger partial charge in [0.1, 0.15) is 10.6 Å². The number of pyridine rings is 1. The lowest BCUT2D eigenvalue weighted by molar-refractivity contribution is -0.123. The molecular weight excluding hydrogens is 480 g/mol. The van der Waals surface area contributed by atoms with Crippen LogP contribution in [0.1, 0.15) is 22.8 Å². The van der Waals surface area contributed by atoms with Crippen LogP contribution in [0.3, 0.4) is 0 Å². The first-order chi connectivity index (χ1) is 14.8. The lowest BCUT2D eigenvalue weighted by Crippen LogP contribution is -2.40. The van der Waals surface area contributed by atoms with E-state index in [9.17, 15) is 14.4 Å². The Morgan fingerprint density at radius 3 is 2.58 bits per heavy atom. The minimum Gasteiger partial charge on any atom is -0.322 e. The topological polar surface area (TPSA) is 100 Å². The third-order valence-electron chi connectivity index (χ3n) is 4.79. The Labute approximate surface area is 191 Å². The van der Waals surface area contributed by atoms with Crippen molar-refractivity contribution in [2.24, 2.45) is 0 Å². The number of hydrogen-bond donors (Lipinski definition) is 3. The fourth-order valence-electron chi connectivity index (χ4n) is 3.11. The lowest BCUT2D eigenvalue weighted by Gasteiger charge is -2.21. The molecule has 4 amide bonds. The standard InChI is InChI=1S/C22H17BrN4O3S/c1-22(20(29)26-21(30)27-22)13-4-2-5-15(12-13)25-18(28)17-6-3-11-24-19(17)31-16-9-7-14(23)8-10-16/h2-12H,1H3,(H,25,28)(H2,26,27,29,30). The van der Waals surface area contributed by atoms with Gasteiger partial charge in [0.15, 0.2) is 0 Å². The van der Waals surface area contributed by atoms with E-state index in [1.165, 1.54) is 11.8 Å². The van der Waals surface area contributed by atoms with Crippen molar-refractivity contribution in [1.29, 1.82) is 0 Å². The van der Waals surface area contributed by atoms with E-state index in [2.05, 4.69) is 36.9 Å². The van der Waals surface area contributed by atoms with Gasteiger partial charge in [-0.2, -0.15) is 0 Å². The van der Waals surface area contributed by atoms with Crippen molar-refractivity contribution in [2.45, 2.75) is 22.4 Å². The Hall–Kier alpha value is -3.17. The summed E-state index contributed by atoms with van der Waals surface area (Å²) in [4.78, 5) is 42.1. The summed E-state index contributed by atoms with van der Waals surface area (Å²) in [5.74, 6) is -0.767. The molecule has 31 heavy (non-hydrogen) atoms. The van der Waals surface area contributed by atoms with Crippen LogP contribution in [-0.2, 0) is 10.3 Å². The molecule has 1 aliphatic rings. The number of urea groups is 1. The number of carbonyl (C=O) groups excluding carboxylic acids is 3. The average molecular weight is 497 g/mol. The van der Waals surface area contributed by atoms with Crippen molar-refractivity contribution in [1.82, 2.24) is 15.6 Å². The molecule has 3 aromatic rings. The lowest BCUT2D eigenvalue weighted by atomic mass is 9.92. The normalized spacial score (nSPS) is 17.7. The Morgan fingerprint density at radius 1 is 1.10 bits per heavy atom. The maximum atomic E-state index is 13.0. The predicted molar refractivity (Wildman–Crippen MR) is 121 cm³/mol. The highest BCUT2D eigenvalue weighted by Gasteiger charge is 2.43. The van der Waals surface area contributed by atoms with Gasteiger partial charge in [-0.05, 0) is 61.0 Å². The number of rotatable bonds is 5. The molecule has 1 aliphatic heterocycles. The fourth-order valence-corrected chi connectivity index (χ4v) is 4.26. The van der Waals surface area contributed by atoms with E-state index in [0.717, 1.165) is 9.37 Å². The zero-order valence-electron chi connectivity index (χ0n) is 16.3. The van der Waals surface area contributed by atoms with Gasteiger partial charge in [0.05, 0.1) is 5.56 Å². The highest BCUT2D eigenvalue weighted by Crippen LogP contribution is 2.31. The van der Waals surface area contributed by atoms with Gasteiger partial charge in [-0.1, -0.05) is 39.8 Å². The molecule has 1 unspecified atom stereocenters. The van der Waals surface area contributed by atoms with Crippen LogP contribution in [-0.4, -0.2) is 22.8 Å². The summed E-state index contributed by atoms with van der Waals surface area (Å²) in [6.45, 7) is 1.61. The van der Waals surface area contributed by atoms with Crippen LogP contribution in [0.15, 0.2) is 81.3 Å². The molecule has 2 heterocycles. The van der Waals surface area contributed by atoms with Crippen molar-refractivity contribution in [2.75, 3.05) is 5.32 Å². The summed E-state index contributed by atoms with van der Waals surface area (Å²) in [5.41, 5.74) is 0.290. The number of halogens is 1. The number of imide groups is 1. The first kappa shape index (κ1) is 21.1. The second kappa shape index (κ2) is 8.52. The Bertz CT molecular complexity index is 1190. The number of nitrogens with zero attached hydrogens (tertiary/aromatic N) is 1. The molecule has 9 heteroatoms. The quantitative estimate of drug-likeness (QED) is 0.457. The van der Waals surface area contributed by atoms with Crippen molar-refractivity contribution in [3.63, 3.8) is 0 Å². The van der Waals surface area contributed by atoms with Gasteiger partial charge in [-0.25, -0.2) is 9.78 Å². The van der Waals surface area contributed by atoms with E-state index in [1.54, 1.807) is 49.5 Å². The van der Waals surface area contributed by atoms with Gasteiger partial charge in [0.25, 0.3) is 11.8 Å². The van der Waals surface area contributed by atoms with Crippen LogP contribution in [0, 0.1) is 0 Å². The van der Waals surface area contributed by atoms with E-state index in [-0.39, 0.29) is 5.91 Å². The Balaban J connectivity index is 1.56. The highest BCUT2D eigenvalue weighted by molar-refractivity contribution is 9.10. The minimum absolute atomic E-state index is 0.324. The second-order valence-electron chi connectivity index (χ2n) is 6.98. The van der Waals surface area contributed by atoms with Gasteiger partial charge >= 0.3 is 6.03 Å². The number of hydrogen-bond acceptors (Lipinski definition) is 5. The van der Waals surface area contributed by atoms with Crippen molar-refractivity contribution < 1.29 is 14.4 Å². The molecule has 4 rings (SSSR count). The van der Waals surface area contributed by atoms with Crippen molar-refractivity contribution >= 4 is 51.2 Å². The maximum Gasteiger partial charge on any atom is 0.322 e. The van der Waals surface area contributed by atoms with Gasteiger partial charge in [0.2, 0.25) is 0 Å². The van der Waals surface area contributed by atoms with Crippen LogP contribution >= 0.6 is 27.7 Å². The zero-order chi connectivity index (χ0) is 22.0. The number of aromatic nitrogens is 1. The van der Waals surface area contributed by atoms with E-state index in [1.807, 2.05) is 24.3 Å². The van der Waals surface area contributed by atoms with Gasteiger partial charge in [0, 0.05) is 21.3 Å². The molecular formula is C22H17BrN4O3S. The molecule has 156 valence electrons. The third kappa shape index (κ3) is 4.47. The minimum atomic E-state index is -1.20. The SMILES string of the molecule is CC1(c2cccc(NC(=O)c3cccnc3Sc3ccc(Br)cc3)c2)NC(=O)NC1=O. The predicted octanol–water partition coefficient (Wildman–Crippen LogP) is 4.30. The third-order valence-corrected chi connectivity index (χ3v) is 6.34. The van der Waals surface area contributed by atoms with Gasteiger partial charge < -0.3 is 10.6 Å². The van der Waals surface area contributed by atoms with Gasteiger partial charge in [-0.3, -0.25) is 14.9 Å². The molecule has 3 N–H and O–H groups in total. The monoisotopic (exact) mass is 496 g/mol. The molecule has 0 radical (unpaired) electrons. The molecule has 1 aromatic heterocycles. The molecule has 0 aliphatic carbocycles. The fraction of sp³-hybridized carbons (Fsp3) is 0.0909. The van der Waals surface area contributed by atoms with Crippen LogP contribution in [0.5, 0.6) is 0 Å². The summed E-state index contributed by atoms with van der Waals surface area (Å²) in [6, 6.07) is 17.4. The zero-order valence-corrected chi connectivity index (χ0v) is 18.7. The van der Waals surface area contributed by atoms with E-state index in [4.69, 9.17) is 0 Å². The Morgan fingerprint density at radius 2 is 1.87 bits per heavy atom. The van der Waals surface area contributed by atoms with Crippen LogP contribution < -0.4 is 16.0 Å². The van der Waals surface area contributed by atoms with Crippen molar-refractivity contribution in [3.8, 4) is 0 Å². The first-order valence-electron chi connectivity index (χ1n) is 9.29. The van der Waals surface area contributed by atoms with E-state index >= 15 is 0 Å². The smallest absolute Gasteiger partial charge is 0.322 e. The number of nitrogens with one attached hydrogen (secondary N) is 3. The Kier molecular flexibility index (Phi) is 5.79. The molecule has 1 fully saturated rings. The second-order valence-corrected chi connectivity index (χ2v) is 8.96. The molecule has 1 atom stereocenters. The number of anilines is 1. The first-order valence-corrected chi connectivity index (χ1v) is 10.9. The number of carbonyl (C=O) groups is 3. The van der Waals surface area contributed by atoms with Crippen LogP contribution in [0.2, 0.25) is 0 Å². The highest BCUT2D eigenvalue weighted by atomic mass is 79.9. The largest absolute Gasteiger partial charge is 0.322 e. The van der Waals surface area contributed by atoms with Crippen LogP contribution in [0.4, 0.5) is 10.5 Å².